The number of pyridine rings is 1. The average molecular weight is 515 g/mol. The van der Waals surface area contributed by atoms with Crippen LogP contribution in [0.2, 0.25) is 0 Å². The van der Waals surface area contributed by atoms with E-state index in [1.165, 1.54) is 36.8 Å². The molecule has 7 nitrogen and oxygen atoms in total. The smallest absolute Gasteiger partial charge is 0.358 e. The van der Waals surface area contributed by atoms with E-state index in [0.717, 1.165) is 6.07 Å². The molecule has 1 amide bonds. The lowest BCUT2D eigenvalue weighted by Crippen LogP contribution is -2.28. The topological polar surface area (TPSA) is 93.8 Å². The summed E-state index contributed by atoms with van der Waals surface area (Å²) in [6, 6.07) is 8.24. The highest BCUT2D eigenvalue weighted by atomic mass is 19.4. The van der Waals surface area contributed by atoms with Gasteiger partial charge in [0.2, 0.25) is 11.9 Å². The number of alkyl halides is 3. The summed E-state index contributed by atoms with van der Waals surface area (Å²) in [6.45, 7) is 0. The Balaban J connectivity index is 1.22. The summed E-state index contributed by atoms with van der Waals surface area (Å²) in [4.78, 5) is 24.3. The summed E-state index contributed by atoms with van der Waals surface area (Å²) in [5.74, 6) is -1.99. The Morgan fingerprint density at radius 3 is 2.41 bits per heavy atom. The monoisotopic (exact) mass is 515 g/mol. The predicted molar refractivity (Wildman–Crippen MR) is 120 cm³/mol. The zero-order chi connectivity index (χ0) is 26.2. The molecule has 0 atom stereocenters. The molecular weight excluding hydrogens is 497 g/mol. The fraction of sp³-hybridized carbons (Fsp3) is 0.240. The number of carbonyl (C=O) groups excluding carboxylic acids is 1. The molecule has 0 unspecified atom stereocenters. The third-order valence-electron chi connectivity index (χ3n) is 6.14. The average Bonchev–Trinajstić information content (AvgIpc) is 3.55. The molecule has 1 fully saturated rings. The fourth-order valence-corrected chi connectivity index (χ4v) is 3.91. The van der Waals surface area contributed by atoms with Crippen LogP contribution >= 0.6 is 0 Å². The molecule has 0 saturated heterocycles. The molecule has 1 aliphatic rings. The van der Waals surface area contributed by atoms with E-state index >= 15 is 0 Å². The molecule has 1 aromatic carbocycles. The molecule has 4 aromatic rings. The van der Waals surface area contributed by atoms with E-state index in [4.69, 9.17) is 4.52 Å². The third-order valence-corrected chi connectivity index (χ3v) is 6.14. The van der Waals surface area contributed by atoms with Crippen molar-refractivity contribution in [1.82, 2.24) is 20.1 Å². The van der Waals surface area contributed by atoms with Gasteiger partial charge < -0.3 is 9.84 Å². The third kappa shape index (κ3) is 5.18. The molecule has 12 heteroatoms. The Kier molecular flexibility index (Phi) is 6.18. The zero-order valence-electron chi connectivity index (χ0n) is 19.0. The van der Waals surface area contributed by atoms with Crippen molar-refractivity contribution in [3.8, 4) is 11.1 Å². The maximum Gasteiger partial charge on any atom is 0.401 e. The van der Waals surface area contributed by atoms with Crippen LogP contribution < -0.4 is 5.32 Å². The van der Waals surface area contributed by atoms with Crippen LogP contribution in [0.1, 0.15) is 35.6 Å². The minimum Gasteiger partial charge on any atom is -0.358 e. The standard InChI is InChI=1S/C25H18F5N5O2/c26-18-9-15(17-12-32-21(33-13-17)8-14-3-6-31-20(27)7-14)1-2-16(18)10-23(36)34-22-11-19(37-35-22)24(4-5-24)25(28,29)30/h1-3,6-7,9,11-13H,4-5,8,10H2,(H,34,35,36). The SMILES string of the molecule is O=C(Cc1ccc(-c2cnc(Cc3ccnc(F)c3)nc2)cc1F)Nc1cc(C2(C(F)(F)F)CC2)on1. The van der Waals surface area contributed by atoms with Gasteiger partial charge in [-0.25, -0.2) is 19.3 Å². The lowest BCUT2D eigenvalue weighted by molar-refractivity contribution is -0.165. The summed E-state index contributed by atoms with van der Waals surface area (Å²) in [7, 11) is 0. The highest BCUT2D eigenvalue weighted by Crippen LogP contribution is 2.59. The van der Waals surface area contributed by atoms with E-state index in [1.807, 2.05) is 0 Å². The van der Waals surface area contributed by atoms with E-state index in [9.17, 15) is 26.7 Å². The van der Waals surface area contributed by atoms with Crippen LogP contribution in [0, 0.1) is 11.8 Å². The number of anilines is 1. The van der Waals surface area contributed by atoms with Crippen LogP contribution in [-0.2, 0) is 23.1 Å². The largest absolute Gasteiger partial charge is 0.401 e. The first kappa shape index (κ1) is 24.5. The second-order valence-corrected chi connectivity index (χ2v) is 8.74. The van der Waals surface area contributed by atoms with Gasteiger partial charge in [-0.1, -0.05) is 17.3 Å². The number of benzene rings is 1. The van der Waals surface area contributed by atoms with Crippen molar-refractivity contribution in [1.29, 1.82) is 0 Å². The maximum absolute atomic E-state index is 14.7. The summed E-state index contributed by atoms with van der Waals surface area (Å²) in [6.07, 6.45) is -0.367. The summed E-state index contributed by atoms with van der Waals surface area (Å²) >= 11 is 0. The highest BCUT2D eigenvalue weighted by molar-refractivity contribution is 5.91. The van der Waals surface area contributed by atoms with Crippen LogP contribution in [0.4, 0.5) is 27.8 Å². The van der Waals surface area contributed by atoms with Crippen LogP contribution in [0.5, 0.6) is 0 Å². The number of nitrogens with one attached hydrogen (secondary N) is 1. The van der Waals surface area contributed by atoms with E-state index in [0.29, 0.717) is 28.9 Å². The minimum atomic E-state index is -4.47. The van der Waals surface area contributed by atoms with Gasteiger partial charge in [0.1, 0.15) is 17.1 Å². The Labute approximate surface area is 206 Å². The number of hydrogen-bond donors (Lipinski definition) is 1. The minimum absolute atomic E-state index is 0.0798. The normalized spacial score (nSPS) is 14.4. The molecule has 0 spiro atoms. The first-order valence-corrected chi connectivity index (χ1v) is 11.2. The van der Waals surface area contributed by atoms with Crippen LogP contribution in [0.3, 0.4) is 0 Å². The first-order valence-electron chi connectivity index (χ1n) is 11.2. The van der Waals surface area contributed by atoms with Gasteiger partial charge in [-0.2, -0.15) is 17.6 Å². The molecule has 0 bridgehead atoms. The van der Waals surface area contributed by atoms with E-state index in [-0.39, 0.29) is 36.4 Å². The molecule has 3 aromatic heterocycles. The highest BCUT2D eigenvalue weighted by Gasteiger charge is 2.66. The second-order valence-electron chi connectivity index (χ2n) is 8.74. The number of carbonyl (C=O) groups is 1. The molecule has 3 heterocycles. The van der Waals surface area contributed by atoms with Crippen molar-refractivity contribution in [2.75, 3.05) is 5.32 Å². The Bertz CT molecular complexity index is 1450. The molecule has 1 aliphatic carbocycles. The van der Waals surface area contributed by atoms with Crippen LogP contribution in [0.25, 0.3) is 11.1 Å². The maximum atomic E-state index is 14.7. The van der Waals surface area contributed by atoms with E-state index in [1.54, 1.807) is 12.1 Å². The van der Waals surface area contributed by atoms with Crippen molar-refractivity contribution in [2.24, 2.45) is 0 Å². The number of halogens is 5. The summed E-state index contributed by atoms with van der Waals surface area (Å²) in [5.41, 5.74) is -0.303. The zero-order valence-corrected chi connectivity index (χ0v) is 19.0. The number of amides is 1. The van der Waals surface area contributed by atoms with Crippen molar-refractivity contribution in [3.63, 3.8) is 0 Å². The van der Waals surface area contributed by atoms with Gasteiger partial charge in [-0.3, -0.25) is 4.79 Å². The summed E-state index contributed by atoms with van der Waals surface area (Å²) < 4.78 is 72.4. The van der Waals surface area contributed by atoms with Gasteiger partial charge >= 0.3 is 6.18 Å². The lowest BCUT2D eigenvalue weighted by atomic mass is 10.0. The quantitative estimate of drug-likeness (QED) is 0.270. The Hall–Kier alpha value is -4.22. The van der Waals surface area contributed by atoms with E-state index < -0.39 is 29.3 Å². The molecule has 190 valence electrons. The predicted octanol–water partition coefficient (Wildman–Crippen LogP) is 5.17. The van der Waals surface area contributed by atoms with Crippen molar-refractivity contribution < 1.29 is 31.3 Å². The molecule has 5 rings (SSSR count). The fourth-order valence-electron chi connectivity index (χ4n) is 3.91. The van der Waals surface area contributed by atoms with E-state index in [2.05, 4.69) is 25.4 Å². The second kappa shape index (κ2) is 9.34. The number of rotatable bonds is 7. The van der Waals surface area contributed by atoms with Gasteiger partial charge in [-0.15, -0.1) is 0 Å². The van der Waals surface area contributed by atoms with Crippen LogP contribution in [-0.4, -0.2) is 32.2 Å². The molecule has 1 saturated carbocycles. The first-order chi connectivity index (χ1) is 17.6. The van der Waals surface area contributed by atoms with Gasteiger partial charge in [0.15, 0.2) is 11.6 Å². The Morgan fingerprint density at radius 2 is 1.76 bits per heavy atom. The van der Waals surface area contributed by atoms with Crippen molar-refractivity contribution >= 4 is 11.7 Å². The lowest BCUT2D eigenvalue weighted by Gasteiger charge is -2.14. The van der Waals surface area contributed by atoms with Gasteiger partial charge in [0.25, 0.3) is 0 Å². The number of hydrogen-bond acceptors (Lipinski definition) is 6. The van der Waals surface area contributed by atoms with Crippen LogP contribution in [0.15, 0.2) is 59.5 Å². The number of nitrogens with zero attached hydrogens (tertiary/aromatic N) is 4. The molecule has 1 N–H and O–H groups in total. The molecular formula is C25H18F5N5O2. The molecule has 0 aliphatic heterocycles. The van der Waals surface area contributed by atoms with Gasteiger partial charge in [-0.05, 0) is 47.7 Å². The molecule has 0 radical (unpaired) electrons. The molecule has 37 heavy (non-hydrogen) atoms. The van der Waals surface area contributed by atoms with Crippen molar-refractivity contribution in [3.05, 3.63) is 89.5 Å². The van der Waals surface area contributed by atoms with Crippen molar-refractivity contribution in [2.45, 2.75) is 37.3 Å². The number of aromatic nitrogens is 4. The Morgan fingerprint density at radius 1 is 1.00 bits per heavy atom. The van der Waals surface area contributed by atoms with Gasteiger partial charge in [0, 0.05) is 36.6 Å². The summed E-state index contributed by atoms with van der Waals surface area (Å²) in [5, 5.41) is 5.84. The van der Waals surface area contributed by atoms with Gasteiger partial charge in [0.05, 0.1) is 6.42 Å².